The van der Waals surface area contributed by atoms with Gasteiger partial charge in [-0.05, 0) is 11.6 Å². The predicted molar refractivity (Wildman–Crippen MR) is 69.0 cm³/mol. The van der Waals surface area contributed by atoms with Crippen molar-refractivity contribution in [1.82, 2.24) is 19.7 Å². The van der Waals surface area contributed by atoms with Gasteiger partial charge in [0.15, 0.2) is 0 Å². The molecule has 0 bridgehead atoms. The van der Waals surface area contributed by atoms with Gasteiger partial charge < -0.3 is 4.90 Å². The number of anilines is 1. The molecule has 0 fully saturated rings. The molecular formula is C10H11ClN6O2. The van der Waals surface area contributed by atoms with Crippen molar-refractivity contribution in [1.29, 1.82) is 0 Å². The van der Waals surface area contributed by atoms with Crippen LogP contribution in [0.1, 0.15) is 5.56 Å². The van der Waals surface area contributed by atoms with E-state index in [0.29, 0.717) is 6.54 Å². The Morgan fingerprint density at radius 2 is 2.26 bits per heavy atom. The van der Waals surface area contributed by atoms with E-state index >= 15 is 0 Å². The van der Waals surface area contributed by atoms with Crippen LogP contribution in [0.3, 0.4) is 0 Å². The molecule has 0 aliphatic heterocycles. The summed E-state index contributed by atoms with van der Waals surface area (Å²) in [4.78, 5) is 19.6. The van der Waals surface area contributed by atoms with Crippen molar-refractivity contribution >= 4 is 23.1 Å². The Balaban J connectivity index is 2.29. The molecule has 0 aliphatic carbocycles. The molecule has 0 radical (unpaired) electrons. The standard InChI is InChI=1S/C10H11ClN6O2/c1-15(5-7-3-13-16(2)6-7)9-8(17(18)19)4-12-10(11)14-9/h3-4,6H,5H2,1-2H3. The molecule has 19 heavy (non-hydrogen) atoms. The molecule has 0 N–H and O–H groups in total. The molecule has 8 nitrogen and oxygen atoms in total. The predicted octanol–water partition coefficient (Wildman–Crippen LogP) is 1.41. The minimum absolute atomic E-state index is 0.0290. The first kappa shape index (κ1) is 13.2. The molecular weight excluding hydrogens is 272 g/mol. The normalized spacial score (nSPS) is 10.5. The highest BCUT2D eigenvalue weighted by Crippen LogP contribution is 2.26. The summed E-state index contributed by atoms with van der Waals surface area (Å²) >= 11 is 5.68. The summed E-state index contributed by atoms with van der Waals surface area (Å²) in [5.74, 6) is 0.175. The fraction of sp³-hybridized carbons (Fsp3) is 0.300. The first-order valence-corrected chi connectivity index (χ1v) is 5.70. The first-order chi connectivity index (χ1) is 8.97. The summed E-state index contributed by atoms with van der Waals surface area (Å²) in [6.45, 7) is 0.433. The van der Waals surface area contributed by atoms with E-state index in [1.165, 1.54) is 0 Å². The van der Waals surface area contributed by atoms with Crippen LogP contribution < -0.4 is 4.90 Å². The lowest BCUT2D eigenvalue weighted by atomic mass is 10.3. The number of rotatable bonds is 4. The maximum absolute atomic E-state index is 10.9. The molecule has 0 saturated carbocycles. The number of hydrogen-bond acceptors (Lipinski definition) is 6. The monoisotopic (exact) mass is 282 g/mol. The zero-order valence-electron chi connectivity index (χ0n) is 10.3. The largest absolute Gasteiger partial charge is 0.349 e. The minimum atomic E-state index is -0.536. The number of halogens is 1. The molecule has 0 unspecified atom stereocenters. The summed E-state index contributed by atoms with van der Waals surface area (Å²) < 4.78 is 1.66. The van der Waals surface area contributed by atoms with Gasteiger partial charge in [0.2, 0.25) is 11.1 Å². The SMILES string of the molecule is CN(Cc1cnn(C)c1)c1nc(Cl)ncc1[N+](=O)[O-]. The second kappa shape index (κ2) is 5.19. The molecule has 0 atom stereocenters. The van der Waals surface area contributed by atoms with E-state index in [1.807, 2.05) is 6.20 Å². The van der Waals surface area contributed by atoms with Crippen molar-refractivity contribution in [3.05, 3.63) is 39.6 Å². The highest BCUT2D eigenvalue weighted by molar-refractivity contribution is 6.28. The van der Waals surface area contributed by atoms with Crippen molar-refractivity contribution < 1.29 is 4.92 Å². The third-order valence-electron chi connectivity index (χ3n) is 2.46. The Labute approximate surface area is 113 Å². The number of aryl methyl sites for hydroxylation is 1. The van der Waals surface area contributed by atoms with E-state index in [2.05, 4.69) is 15.1 Å². The van der Waals surface area contributed by atoms with Crippen molar-refractivity contribution in [3.63, 3.8) is 0 Å². The lowest BCUT2D eigenvalue weighted by Gasteiger charge is -2.16. The van der Waals surface area contributed by atoms with Gasteiger partial charge in [-0.2, -0.15) is 10.1 Å². The van der Waals surface area contributed by atoms with Crippen molar-refractivity contribution in [2.24, 2.45) is 7.05 Å². The lowest BCUT2D eigenvalue weighted by Crippen LogP contribution is -2.19. The van der Waals surface area contributed by atoms with Crippen LogP contribution in [-0.4, -0.2) is 31.7 Å². The molecule has 0 aromatic carbocycles. The zero-order chi connectivity index (χ0) is 14.0. The van der Waals surface area contributed by atoms with E-state index in [-0.39, 0.29) is 16.8 Å². The van der Waals surface area contributed by atoms with E-state index in [9.17, 15) is 10.1 Å². The maximum Gasteiger partial charge on any atom is 0.329 e. The van der Waals surface area contributed by atoms with Gasteiger partial charge in [0.05, 0.1) is 11.1 Å². The van der Waals surface area contributed by atoms with Gasteiger partial charge in [-0.25, -0.2) is 4.98 Å². The molecule has 2 aromatic heterocycles. The molecule has 0 saturated heterocycles. The van der Waals surface area contributed by atoms with Crippen LogP contribution in [0.15, 0.2) is 18.6 Å². The quantitative estimate of drug-likeness (QED) is 0.478. The Bertz CT molecular complexity index is 614. The third-order valence-corrected chi connectivity index (χ3v) is 2.64. The summed E-state index contributed by atoms with van der Waals surface area (Å²) in [6.07, 6.45) is 4.61. The van der Waals surface area contributed by atoms with Gasteiger partial charge in [-0.15, -0.1) is 0 Å². The van der Waals surface area contributed by atoms with Gasteiger partial charge in [0, 0.05) is 32.4 Å². The van der Waals surface area contributed by atoms with Gasteiger partial charge in [-0.3, -0.25) is 14.8 Å². The molecule has 100 valence electrons. The summed E-state index contributed by atoms with van der Waals surface area (Å²) in [5, 5.41) is 14.9. The highest BCUT2D eigenvalue weighted by atomic mass is 35.5. The van der Waals surface area contributed by atoms with E-state index in [0.717, 1.165) is 11.8 Å². The highest BCUT2D eigenvalue weighted by Gasteiger charge is 2.20. The van der Waals surface area contributed by atoms with Crippen molar-refractivity contribution in [2.75, 3.05) is 11.9 Å². The Hall–Kier alpha value is -2.22. The van der Waals surface area contributed by atoms with Crippen LogP contribution in [0.2, 0.25) is 5.28 Å². The smallest absolute Gasteiger partial charge is 0.329 e. The molecule has 0 amide bonds. The lowest BCUT2D eigenvalue weighted by molar-refractivity contribution is -0.384. The van der Waals surface area contributed by atoms with Crippen LogP contribution in [-0.2, 0) is 13.6 Å². The Morgan fingerprint density at radius 1 is 1.53 bits per heavy atom. The number of hydrogen-bond donors (Lipinski definition) is 0. The molecule has 2 aromatic rings. The molecule has 2 rings (SSSR count). The summed E-state index contributed by atoms with van der Waals surface area (Å²) in [6, 6.07) is 0. The molecule has 0 spiro atoms. The number of nitro groups is 1. The van der Waals surface area contributed by atoms with E-state index < -0.39 is 4.92 Å². The van der Waals surface area contributed by atoms with Crippen molar-refractivity contribution in [2.45, 2.75) is 6.54 Å². The topological polar surface area (TPSA) is 90.0 Å². The second-order valence-corrected chi connectivity index (χ2v) is 4.32. The Morgan fingerprint density at radius 3 is 2.84 bits per heavy atom. The van der Waals surface area contributed by atoms with Gasteiger partial charge >= 0.3 is 5.69 Å². The van der Waals surface area contributed by atoms with Gasteiger partial charge in [-0.1, -0.05) is 0 Å². The van der Waals surface area contributed by atoms with Gasteiger partial charge in [0.25, 0.3) is 0 Å². The van der Waals surface area contributed by atoms with Crippen LogP contribution >= 0.6 is 11.6 Å². The minimum Gasteiger partial charge on any atom is -0.349 e. The van der Waals surface area contributed by atoms with E-state index in [4.69, 9.17) is 11.6 Å². The fourth-order valence-corrected chi connectivity index (χ4v) is 1.79. The second-order valence-electron chi connectivity index (χ2n) is 3.98. The average molecular weight is 283 g/mol. The van der Waals surface area contributed by atoms with Crippen LogP contribution in [0.4, 0.5) is 11.5 Å². The Kier molecular flexibility index (Phi) is 3.61. The van der Waals surface area contributed by atoms with Crippen molar-refractivity contribution in [3.8, 4) is 0 Å². The fourth-order valence-electron chi connectivity index (χ4n) is 1.66. The first-order valence-electron chi connectivity index (χ1n) is 5.33. The average Bonchev–Trinajstić information content (AvgIpc) is 2.74. The van der Waals surface area contributed by atoms with E-state index in [1.54, 1.807) is 29.9 Å². The number of nitrogens with zero attached hydrogens (tertiary/aromatic N) is 6. The molecule has 0 aliphatic rings. The van der Waals surface area contributed by atoms with Crippen LogP contribution in [0.5, 0.6) is 0 Å². The summed E-state index contributed by atoms with van der Waals surface area (Å²) in [7, 11) is 3.49. The maximum atomic E-state index is 10.9. The summed E-state index contributed by atoms with van der Waals surface area (Å²) in [5.41, 5.74) is 0.727. The third kappa shape index (κ3) is 2.97. The molecule has 2 heterocycles. The number of aromatic nitrogens is 4. The van der Waals surface area contributed by atoms with Gasteiger partial charge in [0.1, 0.15) is 6.20 Å². The molecule has 9 heteroatoms. The zero-order valence-corrected chi connectivity index (χ0v) is 11.1. The van der Waals surface area contributed by atoms with Crippen LogP contribution in [0, 0.1) is 10.1 Å². The van der Waals surface area contributed by atoms with Crippen LogP contribution in [0.25, 0.3) is 0 Å².